The van der Waals surface area contributed by atoms with Crippen LogP contribution in [0, 0.1) is 11.8 Å². The minimum atomic E-state index is -0.685. The molecular weight excluding hydrogens is 232 g/mol. The van der Waals surface area contributed by atoms with Gasteiger partial charge in [0.05, 0.1) is 0 Å². The first-order chi connectivity index (χ1) is 8.56. The Morgan fingerprint density at radius 2 is 2.00 bits per heavy atom. The van der Waals surface area contributed by atoms with Gasteiger partial charge in [0.25, 0.3) is 0 Å². The fourth-order valence-electron chi connectivity index (χ4n) is 2.69. The number of nitrogens with one attached hydrogen (secondary N) is 1. The molecule has 0 radical (unpaired) electrons. The van der Waals surface area contributed by atoms with E-state index >= 15 is 0 Å². The number of hydrogen-bond acceptors (Lipinski definition) is 3. The van der Waals surface area contributed by atoms with E-state index in [1.54, 1.807) is 0 Å². The zero-order valence-corrected chi connectivity index (χ0v) is 10.9. The van der Waals surface area contributed by atoms with Crippen molar-refractivity contribution < 1.29 is 14.4 Å². The molecule has 0 aromatic heterocycles. The highest BCUT2D eigenvalue weighted by Gasteiger charge is 2.44. The number of carbonyl (C=O) groups excluding carboxylic acids is 3. The van der Waals surface area contributed by atoms with Crippen LogP contribution in [0.25, 0.3) is 0 Å². The molecule has 1 N–H and O–H groups in total. The molecule has 1 aliphatic heterocycles. The number of carbonyl (C=O) groups is 3. The number of hydrogen-bond donors (Lipinski definition) is 1. The smallest absolute Gasteiger partial charge is 0.277 e. The van der Waals surface area contributed by atoms with Crippen molar-refractivity contribution in [3.63, 3.8) is 0 Å². The van der Waals surface area contributed by atoms with Crippen LogP contribution in [0.1, 0.15) is 46.0 Å². The molecule has 1 aliphatic carbocycles. The third-order valence-electron chi connectivity index (χ3n) is 4.12. The van der Waals surface area contributed by atoms with Crippen LogP contribution >= 0.6 is 0 Å². The summed E-state index contributed by atoms with van der Waals surface area (Å²) in [6.07, 6.45) is 4.54. The molecule has 2 fully saturated rings. The zero-order chi connectivity index (χ0) is 13.3. The van der Waals surface area contributed by atoms with E-state index in [1.165, 1.54) is 4.90 Å². The average molecular weight is 252 g/mol. The number of barbiturate groups is 1. The first-order valence-electron chi connectivity index (χ1n) is 6.74. The number of imide groups is 2. The highest BCUT2D eigenvalue weighted by molar-refractivity contribution is 6.16. The molecule has 0 bridgehead atoms. The van der Waals surface area contributed by atoms with Gasteiger partial charge in [0.1, 0.15) is 5.92 Å². The summed E-state index contributed by atoms with van der Waals surface area (Å²) in [5, 5.41) is 2.31. The second kappa shape index (κ2) is 5.08. The SMILES string of the molecule is CCCC1C(=O)NC(=O)N(C(C)C2CCC2)C1=O. The Morgan fingerprint density at radius 1 is 1.33 bits per heavy atom. The highest BCUT2D eigenvalue weighted by Crippen LogP contribution is 2.33. The van der Waals surface area contributed by atoms with Crippen LogP contribution in [-0.2, 0) is 9.59 Å². The Morgan fingerprint density at radius 3 is 2.50 bits per heavy atom. The Labute approximate surface area is 107 Å². The van der Waals surface area contributed by atoms with Crippen LogP contribution in [-0.4, -0.2) is 28.8 Å². The summed E-state index contributed by atoms with van der Waals surface area (Å²) < 4.78 is 0. The van der Waals surface area contributed by atoms with Crippen LogP contribution in [0.4, 0.5) is 4.79 Å². The van der Waals surface area contributed by atoms with Crippen LogP contribution in [0.2, 0.25) is 0 Å². The van der Waals surface area contributed by atoms with Gasteiger partial charge in [0, 0.05) is 6.04 Å². The summed E-state index contributed by atoms with van der Waals surface area (Å²) in [5.41, 5.74) is 0. The molecule has 0 aromatic rings. The van der Waals surface area contributed by atoms with E-state index in [4.69, 9.17) is 0 Å². The first kappa shape index (κ1) is 13.1. The summed E-state index contributed by atoms with van der Waals surface area (Å²) in [7, 11) is 0. The maximum atomic E-state index is 12.3. The summed E-state index contributed by atoms with van der Waals surface area (Å²) in [5.74, 6) is -1.04. The van der Waals surface area contributed by atoms with E-state index in [1.807, 2.05) is 13.8 Å². The van der Waals surface area contributed by atoms with Crippen molar-refractivity contribution in [1.82, 2.24) is 10.2 Å². The Balaban J connectivity index is 2.14. The van der Waals surface area contributed by atoms with Crippen LogP contribution in [0.3, 0.4) is 0 Å². The largest absolute Gasteiger partial charge is 0.331 e. The third-order valence-corrected chi connectivity index (χ3v) is 4.12. The van der Waals surface area contributed by atoms with E-state index in [9.17, 15) is 14.4 Å². The topological polar surface area (TPSA) is 66.5 Å². The minimum Gasteiger partial charge on any atom is -0.277 e. The molecule has 5 heteroatoms. The first-order valence-corrected chi connectivity index (χ1v) is 6.74. The van der Waals surface area contributed by atoms with E-state index in [0.29, 0.717) is 12.3 Å². The molecule has 18 heavy (non-hydrogen) atoms. The van der Waals surface area contributed by atoms with E-state index in [-0.39, 0.29) is 11.9 Å². The predicted molar refractivity (Wildman–Crippen MR) is 65.6 cm³/mol. The summed E-state index contributed by atoms with van der Waals surface area (Å²) in [6.45, 7) is 3.83. The number of amides is 4. The third kappa shape index (κ3) is 2.13. The van der Waals surface area contributed by atoms with Crippen LogP contribution in [0.5, 0.6) is 0 Å². The lowest BCUT2D eigenvalue weighted by Gasteiger charge is -2.40. The molecule has 0 spiro atoms. The highest BCUT2D eigenvalue weighted by atomic mass is 16.2. The lowest BCUT2D eigenvalue weighted by molar-refractivity contribution is -0.145. The molecule has 4 amide bonds. The number of urea groups is 1. The summed E-state index contributed by atoms with van der Waals surface area (Å²) in [6, 6.07) is -0.643. The van der Waals surface area contributed by atoms with Gasteiger partial charge in [-0.15, -0.1) is 0 Å². The van der Waals surface area contributed by atoms with Gasteiger partial charge in [-0.3, -0.25) is 19.8 Å². The maximum Gasteiger partial charge on any atom is 0.331 e. The zero-order valence-electron chi connectivity index (χ0n) is 10.9. The Kier molecular flexibility index (Phi) is 3.68. The molecule has 1 saturated carbocycles. The fraction of sp³-hybridized carbons (Fsp3) is 0.769. The van der Waals surface area contributed by atoms with E-state index in [0.717, 1.165) is 25.7 Å². The molecule has 5 nitrogen and oxygen atoms in total. The van der Waals surface area contributed by atoms with Crippen molar-refractivity contribution in [2.45, 2.75) is 52.0 Å². The molecule has 2 aliphatic rings. The second-order valence-electron chi connectivity index (χ2n) is 5.28. The average Bonchev–Trinajstić information content (AvgIpc) is 2.21. The maximum absolute atomic E-state index is 12.3. The Hall–Kier alpha value is -1.39. The molecule has 2 atom stereocenters. The van der Waals surface area contributed by atoms with Crippen molar-refractivity contribution in [2.24, 2.45) is 11.8 Å². The monoisotopic (exact) mass is 252 g/mol. The van der Waals surface area contributed by atoms with E-state index < -0.39 is 17.9 Å². The van der Waals surface area contributed by atoms with E-state index in [2.05, 4.69) is 5.32 Å². The molecule has 100 valence electrons. The van der Waals surface area contributed by atoms with Gasteiger partial charge in [-0.1, -0.05) is 19.8 Å². The summed E-state index contributed by atoms with van der Waals surface area (Å²) >= 11 is 0. The van der Waals surface area contributed by atoms with Gasteiger partial charge in [-0.2, -0.15) is 0 Å². The Bertz CT molecular complexity index is 376. The van der Waals surface area contributed by atoms with Gasteiger partial charge in [-0.25, -0.2) is 4.79 Å². The van der Waals surface area contributed by atoms with Gasteiger partial charge in [-0.05, 0) is 32.1 Å². The van der Waals surface area contributed by atoms with Gasteiger partial charge in [0.15, 0.2) is 0 Å². The normalized spacial score (nSPS) is 26.9. The standard InChI is InChI=1S/C13H20N2O3/c1-3-5-10-11(16)14-13(18)15(12(10)17)8(2)9-6-4-7-9/h8-10H,3-7H2,1-2H3,(H,14,16,18). The molecule has 1 saturated heterocycles. The fourth-order valence-corrected chi connectivity index (χ4v) is 2.69. The van der Waals surface area contributed by atoms with Crippen molar-refractivity contribution in [3.8, 4) is 0 Å². The van der Waals surface area contributed by atoms with Gasteiger partial charge >= 0.3 is 6.03 Å². The minimum absolute atomic E-state index is 0.0984. The molecule has 1 heterocycles. The predicted octanol–water partition coefficient (Wildman–Crippen LogP) is 1.67. The van der Waals surface area contributed by atoms with Gasteiger partial charge in [0.2, 0.25) is 11.8 Å². The molecular formula is C13H20N2O3. The van der Waals surface area contributed by atoms with Crippen molar-refractivity contribution in [1.29, 1.82) is 0 Å². The van der Waals surface area contributed by atoms with Crippen molar-refractivity contribution in [2.75, 3.05) is 0 Å². The van der Waals surface area contributed by atoms with Gasteiger partial charge < -0.3 is 0 Å². The van der Waals surface area contributed by atoms with Crippen LogP contribution in [0.15, 0.2) is 0 Å². The lowest BCUT2D eigenvalue weighted by atomic mass is 9.79. The quantitative estimate of drug-likeness (QED) is 0.774. The molecule has 2 unspecified atom stereocenters. The summed E-state index contributed by atoms with van der Waals surface area (Å²) in [4.78, 5) is 37.0. The second-order valence-corrected chi connectivity index (χ2v) is 5.28. The van der Waals surface area contributed by atoms with Crippen LogP contribution < -0.4 is 5.32 Å². The number of rotatable bonds is 4. The van der Waals surface area contributed by atoms with Crippen molar-refractivity contribution in [3.05, 3.63) is 0 Å². The molecule has 0 aromatic carbocycles. The van der Waals surface area contributed by atoms with Crippen molar-refractivity contribution >= 4 is 17.8 Å². The number of nitrogens with zero attached hydrogens (tertiary/aromatic N) is 1. The molecule has 2 rings (SSSR count). The lowest BCUT2D eigenvalue weighted by Crippen LogP contribution is -2.62.